The topological polar surface area (TPSA) is 107 Å². The van der Waals surface area contributed by atoms with Gasteiger partial charge < -0.3 is 15.2 Å². The summed E-state index contributed by atoms with van der Waals surface area (Å²) in [6.07, 6.45) is -0.656. The van der Waals surface area contributed by atoms with E-state index in [2.05, 4.69) is 15.3 Å². The number of nitrogens with one attached hydrogen (secondary N) is 1. The van der Waals surface area contributed by atoms with Crippen LogP contribution < -0.4 is 5.32 Å². The van der Waals surface area contributed by atoms with Gasteiger partial charge in [0.1, 0.15) is 5.60 Å². The number of azide groups is 1. The monoisotopic (exact) mass is 362 g/mol. The maximum absolute atomic E-state index is 12.1. The number of hydrogen-bond acceptors (Lipinski definition) is 4. The number of rotatable bonds is 8. The van der Waals surface area contributed by atoms with Crippen molar-refractivity contribution < 1.29 is 14.6 Å². The number of aliphatic hydroxyl groups excluding tert-OH is 1. The zero-order valence-corrected chi connectivity index (χ0v) is 16.2. The molecule has 1 rings (SSSR count). The molecular weight excluding hydrogens is 332 g/mol. The first-order chi connectivity index (χ1) is 12.1. The predicted molar refractivity (Wildman–Crippen MR) is 102 cm³/mol. The molecule has 0 heterocycles. The summed E-state index contributed by atoms with van der Waals surface area (Å²) < 4.78 is 5.27. The Hall–Kier alpha value is -2.24. The van der Waals surface area contributed by atoms with Crippen LogP contribution in [0.2, 0.25) is 0 Å². The molecule has 1 aromatic rings. The maximum atomic E-state index is 12.1. The lowest BCUT2D eigenvalue weighted by atomic mass is 9.92. The fraction of sp³-hybridized carbons (Fsp3) is 0.632. The minimum atomic E-state index is -0.860. The van der Waals surface area contributed by atoms with Crippen molar-refractivity contribution in [2.75, 3.05) is 0 Å². The Balaban J connectivity index is 2.77. The summed E-state index contributed by atoms with van der Waals surface area (Å²) in [5, 5.41) is 17.2. The summed E-state index contributed by atoms with van der Waals surface area (Å²) in [7, 11) is 0. The number of amides is 1. The highest BCUT2D eigenvalue weighted by Gasteiger charge is 2.28. The standard InChI is InChI=1S/C19H30N4O3/c1-13(2)17(21-18(25)26-19(3,4)5)16(24)12-15(22-23-20)11-14-9-7-6-8-10-14/h6-10,13,15-17,24H,11-12H2,1-5H3,(H,21,25)/t15-,16+,17-/m0/s1. The van der Waals surface area contributed by atoms with E-state index in [4.69, 9.17) is 10.3 Å². The van der Waals surface area contributed by atoms with Gasteiger partial charge in [0.25, 0.3) is 0 Å². The molecule has 26 heavy (non-hydrogen) atoms. The Morgan fingerprint density at radius 3 is 2.42 bits per heavy atom. The molecule has 1 amide bonds. The van der Waals surface area contributed by atoms with E-state index in [1.165, 1.54) is 0 Å². The van der Waals surface area contributed by atoms with Crippen LogP contribution in [-0.4, -0.2) is 35.0 Å². The van der Waals surface area contributed by atoms with E-state index in [1.807, 2.05) is 44.2 Å². The van der Waals surface area contributed by atoms with Gasteiger partial charge >= 0.3 is 6.09 Å². The molecule has 0 radical (unpaired) electrons. The second-order valence-electron chi connectivity index (χ2n) is 7.77. The average Bonchev–Trinajstić information content (AvgIpc) is 2.51. The molecule has 0 bridgehead atoms. The molecule has 0 aliphatic rings. The number of hydrogen-bond donors (Lipinski definition) is 2. The Labute approximate surface area is 155 Å². The van der Waals surface area contributed by atoms with Crippen LogP contribution in [0.25, 0.3) is 10.4 Å². The molecule has 0 aromatic heterocycles. The van der Waals surface area contributed by atoms with Gasteiger partial charge in [0.05, 0.1) is 12.1 Å². The Bertz CT molecular complexity index is 607. The van der Waals surface area contributed by atoms with Crippen molar-refractivity contribution in [3.05, 3.63) is 46.3 Å². The van der Waals surface area contributed by atoms with Crippen LogP contribution in [0.5, 0.6) is 0 Å². The molecule has 7 nitrogen and oxygen atoms in total. The lowest BCUT2D eigenvalue weighted by Crippen LogP contribution is -2.49. The van der Waals surface area contributed by atoms with Crippen LogP contribution in [0.15, 0.2) is 35.4 Å². The van der Waals surface area contributed by atoms with Crippen molar-refractivity contribution in [3.8, 4) is 0 Å². The molecule has 0 saturated carbocycles. The zero-order valence-electron chi connectivity index (χ0n) is 16.2. The minimum absolute atomic E-state index is 0.0130. The lowest BCUT2D eigenvalue weighted by Gasteiger charge is -2.30. The van der Waals surface area contributed by atoms with E-state index in [9.17, 15) is 9.90 Å². The van der Waals surface area contributed by atoms with E-state index in [-0.39, 0.29) is 12.3 Å². The predicted octanol–water partition coefficient (Wildman–Crippen LogP) is 4.21. The van der Waals surface area contributed by atoms with E-state index in [0.717, 1.165) is 5.56 Å². The first kappa shape index (κ1) is 21.8. The number of carbonyl (C=O) groups excluding carboxylic acids is 1. The highest BCUT2D eigenvalue weighted by Crippen LogP contribution is 2.18. The van der Waals surface area contributed by atoms with Gasteiger partial charge in [0, 0.05) is 11.0 Å². The smallest absolute Gasteiger partial charge is 0.407 e. The molecule has 3 atom stereocenters. The van der Waals surface area contributed by atoms with E-state index < -0.39 is 29.9 Å². The SMILES string of the molecule is CC(C)[C@H](NC(=O)OC(C)(C)C)[C@H](O)C[C@H](Cc1ccccc1)N=[N+]=[N-]. The van der Waals surface area contributed by atoms with E-state index in [0.29, 0.717) is 6.42 Å². The number of ether oxygens (including phenoxy) is 1. The maximum Gasteiger partial charge on any atom is 0.407 e. The van der Waals surface area contributed by atoms with Gasteiger partial charge in [0.2, 0.25) is 0 Å². The molecule has 0 fully saturated rings. The summed E-state index contributed by atoms with van der Waals surface area (Å²) in [5.74, 6) is -0.0130. The van der Waals surface area contributed by atoms with Gasteiger partial charge in [-0.25, -0.2) is 4.79 Å². The second-order valence-corrected chi connectivity index (χ2v) is 7.77. The van der Waals surface area contributed by atoms with Crippen LogP contribution in [-0.2, 0) is 11.2 Å². The third-order valence-electron chi connectivity index (χ3n) is 3.86. The number of aliphatic hydroxyl groups is 1. The van der Waals surface area contributed by atoms with Gasteiger partial charge in [-0.2, -0.15) is 0 Å². The first-order valence-corrected chi connectivity index (χ1v) is 8.88. The van der Waals surface area contributed by atoms with Crippen LogP contribution in [0.4, 0.5) is 4.79 Å². The normalized spacial score (nSPS) is 14.9. The fourth-order valence-corrected chi connectivity index (χ4v) is 2.71. The molecular formula is C19H30N4O3. The van der Waals surface area contributed by atoms with Crippen LogP contribution >= 0.6 is 0 Å². The number of nitrogens with zero attached hydrogens (tertiary/aromatic N) is 3. The fourth-order valence-electron chi connectivity index (χ4n) is 2.71. The summed E-state index contributed by atoms with van der Waals surface area (Å²) in [6, 6.07) is 8.74. The van der Waals surface area contributed by atoms with Crippen LogP contribution in [0.1, 0.15) is 46.6 Å². The van der Waals surface area contributed by atoms with Gasteiger partial charge in [0.15, 0.2) is 0 Å². The Morgan fingerprint density at radius 1 is 1.31 bits per heavy atom. The minimum Gasteiger partial charge on any atom is -0.444 e. The van der Waals surface area contributed by atoms with Crippen molar-refractivity contribution >= 4 is 6.09 Å². The van der Waals surface area contributed by atoms with E-state index in [1.54, 1.807) is 20.8 Å². The molecule has 144 valence electrons. The largest absolute Gasteiger partial charge is 0.444 e. The van der Waals surface area contributed by atoms with Crippen LogP contribution in [0, 0.1) is 5.92 Å². The second kappa shape index (κ2) is 10.0. The van der Waals surface area contributed by atoms with Crippen molar-refractivity contribution in [2.45, 2.75) is 71.2 Å². The van der Waals surface area contributed by atoms with Crippen molar-refractivity contribution in [2.24, 2.45) is 11.0 Å². The van der Waals surface area contributed by atoms with Crippen molar-refractivity contribution in [1.29, 1.82) is 0 Å². The van der Waals surface area contributed by atoms with E-state index >= 15 is 0 Å². The van der Waals surface area contributed by atoms with Gasteiger partial charge in [-0.3, -0.25) is 0 Å². The summed E-state index contributed by atoms with van der Waals surface area (Å²) in [4.78, 5) is 15.0. The van der Waals surface area contributed by atoms with Gasteiger partial charge in [-0.1, -0.05) is 49.3 Å². The third-order valence-corrected chi connectivity index (χ3v) is 3.86. The first-order valence-electron chi connectivity index (χ1n) is 8.88. The molecule has 0 aliphatic carbocycles. The van der Waals surface area contributed by atoms with Gasteiger partial charge in [-0.15, -0.1) is 0 Å². The molecule has 2 N–H and O–H groups in total. The van der Waals surface area contributed by atoms with Crippen molar-refractivity contribution in [3.63, 3.8) is 0 Å². The van der Waals surface area contributed by atoms with Gasteiger partial charge in [-0.05, 0) is 50.6 Å². The lowest BCUT2D eigenvalue weighted by molar-refractivity contribution is 0.0352. The van der Waals surface area contributed by atoms with Crippen LogP contribution in [0.3, 0.4) is 0 Å². The average molecular weight is 362 g/mol. The zero-order chi connectivity index (χ0) is 19.7. The summed E-state index contributed by atoms with van der Waals surface area (Å²) in [5.41, 5.74) is 9.25. The quantitative estimate of drug-likeness (QED) is 0.411. The highest BCUT2D eigenvalue weighted by molar-refractivity contribution is 5.68. The molecule has 0 spiro atoms. The molecule has 0 aliphatic heterocycles. The summed E-state index contributed by atoms with van der Waals surface area (Å²) >= 11 is 0. The third kappa shape index (κ3) is 8.23. The molecule has 1 aromatic carbocycles. The Morgan fingerprint density at radius 2 is 1.92 bits per heavy atom. The molecule has 7 heteroatoms. The molecule has 0 unspecified atom stereocenters. The Kier molecular flexibility index (Phi) is 8.42. The molecule has 0 saturated heterocycles. The number of benzene rings is 1. The highest BCUT2D eigenvalue weighted by atomic mass is 16.6. The number of carbonyl (C=O) groups is 1. The van der Waals surface area contributed by atoms with Crippen molar-refractivity contribution in [1.82, 2.24) is 5.32 Å². The summed E-state index contributed by atoms with van der Waals surface area (Å²) in [6.45, 7) is 9.16. The number of alkyl carbamates (subject to hydrolysis) is 1.